The lowest BCUT2D eigenvalue weighted by Gasteiger charge is -2.39. The van der Waals surface area contributed by atoms with Crippen LogP contribution in [-0.4, -0.2) is 67.6 Å². The van der Waals surface area contributed by atoms with Crippen molar-refractivity contribution in [2.24, 2.45) is 5.92 Å². The summed E-state index contributed by atoms with van der Waals surface area (Å²) in [4.78, 5) is 60.9. The van der Waals surface area contributed by atoms with Crippen molar-refractivity contribution in [2.45, 2.75) is 69.2 Å². The molecule has 0 radical (unpaired) electrons. The molecule has 0 aromatic heterocycles. The molecule has 4 amide bonds. The molecule has 6 aromatic rings. The standard InChI is InChI=1S/C54H54N4O7Si/c1-35-50(66(3,4)45-25-23-44(64-2)24-26-45)48(31-49(60)57-33-40-20-12-11-19-39(40)29-43(57)34-59)65-54(35)46-30-42(56-52(62)38-17-9-6-10-18-38)22-27-47(46)58(53(54)63)32-36-14-13-21-41(28-36)55-51(61)37-15-7-5-8-16-37/h5-28,30,35,43,48,50,59H,29,31-34H2,1-4H3,(H,55,61)(H,56,62)/t35-,43-,48+,50-,54+/m0/s1. The van der Waals surface area contributed by atoms with Crippen molar-refractivity contribution in [3.05, 3.63) is 185 Å². The number of hydrogen-bond donors (Lipinski definition) is 3. The van der Waals surface area contributed by atoms with Crippen molar-refractivity contribution < 1.29 is 33.8 Å². The minimum atomic E-state index is -2.66. The largest absolute Gasteiger partial charge is 0.497 e. The van der Waals surface area contributed by atoms with Gasteiger partial charge in [-0.2, -0.15) is 0 Å². The number of carbonyl (C=O) groups is 4. The Labute approximate surface area is 386 Å². The van der Waals surface area contributed by atoms with Gasteiger partial charge in [0.05, 0.1) is 52.6 Å². The van der Waals surface area contributed by atoms with Gasteiger partial charge in [-0.15, -0.1) is 0 Å². The van der Waals surface area contributed by atoms with Crippen molar-refractivity contribution in [1.29, 1.82) is 0 Å². The molecule has 1 saturated heterocycles. The first-order chi connectivity index (χ1) is 31.9. The van der Waals surface area contributed by atoms with E-state index in [-0.39, 0.29) is 48.7 Å². The molecule has 5 atom stereocenters. The molecular formula is C54H54N4O7Si. The van der Waals surface area contributed by atoms with Gasteiger partial charge in [0.25, 0.3) is 17.7 Å². The van der Waals surface area contributed by atoms with E-state index in [9.17, 15) is 19.5 Å². The van der Waals surface area contributed by atoms with Crippen molar-refractivity contribution in [3.8, 4) is 5.75 Å². The first-order valence-electron chi connectivity index (χ1n) is 22.5. The van der Waals surface area contributed by atoms with Gasteiger partial charge in [-0.05, 0) is 95.4 Å². The van der Waals surface area contributed by atoms with Crippen LogP contribution < -0.4 is 25.5 Å². The number of benzene rings is 6. The molecule has 6 aromatic carbocycles. The predicted octanol–water partition coefficient (Wildman–Crippen LogP) is 8.30. The first-order valence-corrected chi connectivity index (χ1v) is 25.6. The second-order valence-corrected chi connectivity index (χ2v) is 22.8. The summed E-state index contributed by atoms with van der Waals surface area (Å²) in [5.41, 5.74) is 4.48. The van der Waals surface area contributed by atoms with Gasteiger partial charge in [0.15, 0.2) is 5.60 Å². The third kappa shape index (κ3) is 8.21. The molecule has 3 aliphatic heterocycles. The van der Waals surface area contributed by atoms with Gasteiger partial charge in [0, 0.05) is 40.5 Å². The Kier molecular flexibility index (Phi) is 12.2. The summed E-state index contributed by atoms with van der Waals surface area (Å²) in [6, 6.07) is 46.6. The highest BCUT2D eigenvalue weighted by molar-refractivity contribution is 6.91. The molecule has 3 N–H and O–H groups in total. The number of hydrogen-bond acceptors (Lipinski definition) is 7. The molecule has 12 heteroatoms. The lowest BCUT2D eigenvalue weighted by Crippen LogP contribution is -2.52. The Morgan fingerprint density at radius 2 is 1.39 bits per heavy atom. The zero-order valence-corrected chi connectivity index (χ0v) is 38.6. The molecule has 0 bridgehead atoms. The van der Waals surface area contributed by atoms with E-state index in [4.69, 9.17) is 9.47 Å². The molecule has 1 spiro atoms. The van der Waals surface area contributed by atoms with E-state index in [1.54, 1.807) is 59.4 Å². The molecular weight excluding hydrogens is 845 g/mol. The second-order valence-electron chi connectivity index (χ2n) is 18.2. The van der Waals surface area contributed by atoms with Gasteiger partial charge in [0.2, 0.25) is 5.91 Å². The third-order valence-corrected chi connectivity index (χ3v) is 18.3. The van der Waals surface area contributed by atoms with Gasteiger partial charge in [-0.25, -0.2) is 0 Å². The number of aliphatic hydroxyl groups is 1. The van der Waals surface area contributed by atoms with E-state index >= 15 is 4.79 Å². The van der Waals surface area contributed by atoms with E-state index < -0.39 is 31.7 Å². The van der Waals surface area contributed by atoms with Crippen molar-refractivity contribution in [3.63, 3.8) is 0 Å². The Hall–Kier alpha value is -6.86. The summed E-state index contributed by atoms with van der Waals surface area (Å²) < 4.78 is 12.9. The van der Waals surface area contributed by atoms with Crippen LogP contribution in [0.4, 0.5) is 17.1 Å². The fraction of sp³-hybridized carbons (Fsp3) is 0.259. The molecule has 11 nitrogen and oxygen atoms in total. The highest BCUT2D eigenvalue weighted by Gasteiger charge is 2.66. The monoisotopic (exact) mass is 898 g/mol. The summed E-state index contributed by atoms with van der Waals surface area (Å²) in [6.07, 6.45) is -0.156. The van der Waals surface area contributed by atoms with E-state index in [0.717, 1.165) is 27.6 Å². The van der Waals surface area contributed by atoms with Crippen LogP contribution in [0.15, 0.2) is 152 Å². The number of ether oxygens (including phenoxy) is 2. The number of nitrogens with zero attached hydrogens (tertiary/aromatic N) is 2. The summed E-state index contributed by atoms with van der Waals surface area (Å²) in [5, 5.41) is 17.8. The number of rotatable bonds is 12. The van der Waals surface area contributed by atoms with Crippen molar-refractivity contribution >= 4 is 54.0 Å². The van der Waals surface area contributed by atoms with Gasteiger partial charge >= 0.3 is 0 Å². The molecule has 3 aliphatic rings. The van der Waals surface area contributed by atoms with E-state index in [0.29, 0.717) is 46.7 Å². The van der Waals surface area contributed by atoms with Crippen LogP contribution in [0.25, 0.3) is 0 Å². The molecule has 0 aliphatic carbocycles. The second kappa shape index (κ2) is 18.2. The van der Waals surface area contributed by atoms with Crippen LogP contribution in [0.2, 0.25) is 18.6 Å². The number of methoxy groups -OCH3 is 1. The third-order valence-electron chi connectivity index (χ3n) is 14.0. The molecule has 1 fully saturated rings. The Balaban J connectivity index is 1.12. The average Bonchev–Trinajstić information content (AvgIpc) is 3.76. The highest BCUT2D eigenvalue weighted by Crippen LogP contribution is 2.60. The minimum Gasteiger partial charge on any atom is -0.497 e. The molecule has 9 rings (SSSR count). The molecule has 66 heavy (non-hydrogen) atoms. The SMILES string of the molecule is COc1ccc([Si](C)(C)[C@@H]2[C@@H](CC(=O)N3Cc4ccccc4C[C@H]3CO)O[C@]3(C(=O)N(Cc4cccc(NC(=O)c5ccccc5)c4)c4ccc(NC(=O)c5ccccc5)cc43)[C@H]2C)cc1. The van der Waals surface area contributed by atoms with Gasteiger partial charge < -0.3 is 35.0 Å². The summed E-state index contributed by atoms with van der Waals surface area (Å²) in [6.45, 7) is 6.95. The Morgan fingerprint density at radius 3 is 2.03 bits per heavy atom. The fourth-order valence-corrected chi connectivity index (χ4v) is 14.6. The van der Waals surface area contributed by atoms with Crippen molar-refractivity contribution in [2.75, 3.05) is 29.3 Å². The minimum absolute atomic E-state index is 0.00177. The van der Waals surface area contributed by atoms with Crippen LogP contribution in [0, 0.1) is 5.92 Å². The maximum atomic E-state index is 15.8. The van der Waals surface area contributed by atoms with Crippen LogP contribution in [0.5, 0.6) is 5.75 Å². The fourth-order valence-electron chi connectivity index (χ4n) is 10.6. The molecule has 3 heterocycles. The number of anilines is 3. The van der Waals surface area contributed by atoms with Crippen LogP contribution in [0.1, 0.15) is 56.3 Å². The number of carbonyl (C=O) groups excluding carboxylic acids is 4. The zero-order valence-electron chi connectivity index (χ0n) is 37.6. The predicted molar refractivity (Wildman–Crippen MR) is 259 cm³/mol. The number of aliphatic hydroxyl groups excluding tert-OH is 1. The normalized spacial score (nSPS) is 21.0. The van der Waals surface area contributed by atoms with Crippen LogP contribution in [0.3, 0.4) is 0 Å². The first kappa shape index (κ1) is 44.3. The van der Waals surface area contributed by atoms with Gasteiger partial charge in [0.1, 0.15) is 5.75 Å². The number of nitrogens with one attached hydrogen (secondary N) is 2. The van der Waals surface area contributed by atoms with Crippen LogP contribution >= 0.6 is 0 Å². The zero-order chi connectivity index (χ0) is 46.2. The quantitative estimate of drug-likeness (QED) is 0.105. The highest BCUT2D eigenvalue weighted by atomic mass is 28.3. The maximum Gasteiger partial charge on any atom is 0.264 e. The van der Waals surface area contributed by atoms with Gasteiger partial charge in [-0.1, -0.05) is 110 Å². The summed E-state index contributed by atoms with van der Waals surface area (Å²) >= 11 is 0. The Bertz CT molecular complexity index is 2790. The van der Waals surface area contributed by atoms with E-state index in [1.165, 1.54) is 0 Å². The molecule has 336 valence electrons. The molecule has 0 unspecified atom stereocenters. The summed E-state index contributed by atoms with van der Waals surface area (Å²) in [7, 11) is -1.03. The Morgan fingerprint density at radius 1 is 0.773 bits per heavy atom. The van der Waals surface area contributed by atoms with Crippen molar-refractivity contribution in [1.82, 2.24) is 4.90 Å². The number of fused-ring (bicyclic) bond motifs is 3. The lowest BCUT2D eigenvalue weighted by molar-refractivity contribution is -0.151. The van der Waals surface area contributed by atoms with E-state index in [2.05, 4.69) is 42.8 Å². The van der Waals surface area contributed by atoms with Gasteiger partial charge in [-0.3, -0.25) is 19.2 Å². The number of amides is 4. The van der Waals surface area contributed by atoms with Crippen LogP contribution in [-0.2, 0) is 39.4 Å². The topological polar surface area (TPSA) is 138 Å². The maximum absolute atomic E-state index is 15.8. The smallest absolute Gasteiger partial charge is 0.264 e. The summed E-state index contributed by atoms with van der Waals surface area (Å²) in [5.74, 6) is -0.675. The average molecular weight is 899 g/mol. The van der Waals surface area contributed by atoms with E-state index in [1.807, 2.05) is 97.1 Å². The molecule has 0 saturated carbocycles. The lowest BCUT2D eigenvalue weighted by atomic mass is 9.82.